The standard InChI is InChI=1S/C35H22N3O/c1-4-16-31-27(11-1)33-32(39-31)18-17-26-25-12-6-15-30-34(25)38(35(26)33)29-14-3-2-13-28(29)37(30)24-10-5-8-22(20-24)23-9-7-19-36-21-23/h1-21,29H/q+1. The van der Waals surface area contributed by atoms with Crippen molar-refractivity contribution in [2.45, 2.75) is 6.04 Å². The summed E-state index contributed by atoms with van der Waals surface area (Å²) in [5.74, 6) is 0. The van der Waals surface area contributed by atoms with E-state index in [2.05, 4.69) is 117 Å². The Balaban J connectivity index is 1.41. The number of benzene rings is 4. The minimum atomic E-state index is 0.0474. The summed E-state index contributed by atoms with van der Waals surface area (Å²) in [6.45, 7) is 0. The van der Waals surface area contributed by atoms with Gasteiger partial charge in [-0.05, 0) is 29.8 Å². The van der Waals surface area contributed by atoms with Crippen molar-refractivity contribution in [1.29, 1.82) is 0 Å². The van der Waals surface area contributed by atoms with E-state index in [1.165, 1.54) is 38.6 Å². The molecule has 0 radical (unpaired) electrons. The number of pyridine rings is 1. The van der Waals surface area contributed by atoms with E-state index in [9.17, 15) is 0 Å². The fourth-order valence-electron chi connectivity index (χ4n) is 6.57. The van der Waals surface area contributed by atoms with E-state index >= 15 is 0 Å². The molecule has 4 aromatic carbocycles. The highest BCUT2D eigenvalue weighted by Crippen LogP contribution is 2.46. The van der Waals surface area contributed by atoms with Gasteiger partial charge in [0, 0.05) is 58.4 Å². The number of hydrogen-bond acceptors (Lipinski definition) is 2. The third kappa shape index (κ3) is 2.78. The first kappa shape index (κ1) is 20.8. The molecule has 0 saturated carbocycles. The Kier molecular flexibility index (Phi) is 4.08. The number of para-hydroxylation sites is 2. The van der Waals surface area contributed by atoms with Gasteiger partial charge in [-0.15, -0.1) is 0 Å². The predicted molar refractivity (Wildman–Crippen MR) is 160 cm³/mol. The zero-order valence-electron chi connectivity index (χ0n) is 21.0. The van der Waals surface area contributed by atoms with Crippen molar-refractivity contribution in [2.24, 2.45) is 0 Å². The summed E-state index contributed by atoms with van der Waals surface area (Å²) < 4.78 is 11.3. The van der Waals surface area contributed by atoms with Gasteiger partial charge in [-0.2, -0.15) is 4.58 Å². The molecule has 0 bridgehead atoms. The Bertz CT molecular complexity index is 2230. The summed E-state index contributed by atoms with van der Waals surface area (Å²) >= 11 is 0. The minimum Gasteiger partial charge on any atom is -0.456 e. The van der Waals surface area contributed by atoms with Crippen molar-refractivity contribution in [3.05, 3.63) is 128 Å². The van der Waals surface area contributed by atoms with E-state index in [1.54, 1.807) is 0 Å². The van der Waals surface area contributed by atoms with Crippen LogP contribution < -0.4 is 4.58 Å². The van der Waals surface area contributed by atoms with E-state index in [0.717, 1.165) is 33.4 Å². The van der Waals surface area contributed by atoms with Gasteiger partial charge in [-0.3, -0.25) is 4.98 Å². The molecule has 0 fully saturated rings. The molecule has 4 heterocycles. The number of rotatable bonds is 2. The molecule has 3 aromatic heterocycles. The van der Waals surface area contributed by atoms with Crippen LogP contribution >= 0.6 is 0 Å². The zero-order chi connectivity index (χ0) is 25.5. The number of furan rings is 1. The van der Waals surface area contributed by atoms with Gasteiger partial charge in [-0.1, -0.05) is 66.8 Å². The Morgan fingerprint density at radius 1 is 0.718 bits per heavy atom. The number of nitrogens with zero attached hydrogens (tertiary/aromatic N) is 3. The Labute approximate surface area is 224 Å². The molecule has 4 heteroatoms. The topological polar surface area (TPSA) is 34.0 Å². The van der Waals surface area contributed by atoms with Crippen LogP contribution in [0.5, 0.6) is 0 Å². The molecule has 1 atom stereocenters. The summed E-state index contributed by atoms with van der Waals surface area (Å²) in [4.78, 5) is 4.35. The van der Waals surface area contributed by atoms with Crippen LogP contribution in [0, 0.1) is 0 Å². The fraction of sp³-hybridized carbons (Fsp3) is 0.0286. The van der Waals surface area contributed by atoms with Gasteiger partial charge in [0.25, 0.3) is 0 Å². The second-order valence-corrected chi connectivity index (χ2v) is 10.2. The van der Waals surface area contributed by atoms with Crippen LogP contribution in [0.4, 0.5) is 11.4 Å². The van der Waals surface area contributed by atoms with E-state index in [1.807, 2.05) is 24.5 Å². The number of fused-ring (bicyclic) bond motifs is 9. The van der Waals surface area contributed by atoms with Crippen LogP contribution in [-0.2, 0) is 0 Å². The van der Waals surface area contributed by atoms with E-state index < -0.39 is 0 Å². The first-order valence-electron chi connectivity index (χ1n) is 13.3. The number of hydrogen-bond donors (Lipinski definition) is 0. The maximum absolute atomic E-state index is 6.32. The van der Waals surface area contributed by atoms with Crippen molar-refractivity contribution in [3.63, 3.8) is 0 Å². The summed E-state index contributed by atoms with van der Waals surface area (Å²) in [5, 5.41) is 4.84. The average molecular weight is 501 g/mol. The summed E-state index contributed by atoms with van der Waals surface area (Å²) in [5.41, 5.74) is 10.1. The maximum atomic E-state index is 6.32. The molecule has 2 aliphatic rings. The van der Waals surface area contributed by atoms with Crippen molar-refractivity contribution in [1.82, 2.24) is 14.1 Å². The maximum Gasteiger partial charge on any atom is 0.235 e. The van der Waals surface area contributed by atoms with Gasteiger partial charge in [0.2, 0.25) is 17.1 Å². The highest BCUT2D eigenvalue weighted by Gasteiger charge is 2.38. The summed E-state index contributed by atoms with van der Waals surface area (Å²) in [6, 6.07) is 32.3. The van der Waals surface area contributed by atoms with Gasteiger partial charge >= 0.3 is 0 Å². The lowest BCUT2D eigenvalue weighted by atomic mass is 10.0. The third-order valence-corrected chi connectivity index (χ3v) is 8.15. The molecule has 1 unspecified atom stereocenters. The van der Waals surface area contributed by atoms with Crippen LogP contribution in [0.2, 0.25) is 0 Å². The van der Waals surface area contributed by atoms with Gasteiger partial charge in [0.15, 0.2) is 0 Å². The molecule has 0 N–H and O–H groups in total. The molecule has 39 heavy (non-hydrogen) atoms. The largest absolute Gasteiger partial charge is 0.456 e. The second-order valence-electron chi connectivity index (χ2n) is 10.2. The predicted octanol–water partition coefficient (Wildman–Crippen LogP) is 8.71. The van der Waals surface area contributed by atoms with E-state index in [0.29, 0.717) is 0 Å². The molecule has 1 aliphatic heterocycles. The minimum absolute atomic E-state index is 0.0474. The normalized spacial score (nSPS) is 16.2. The summed E-state index contributed by atoms with van der Waals surface area (Å²) in [7, 11) is 0. The fourth-order valence-corrected chi connectivity index (χ4v) is 6.57. The third-order valence-electron chi connectivity index (χ3n) is 8.15. The van der Waals surface area contributed by atoms with Crippen molar-refractivity contribution < 1.29 is 4.42 Å². The van der Waals surface area contributed by atoms with Crippen LogP contribution in [0.3, 0.4) is 0 Å². The van der Waals surface area contributed by atoms with Gasteiger partial charge < -0.3 is 8.98 Å². The Hall–Kier alpha value is -5.22. The highest BCUT2D eigenvalue weighted by atomic mass is 16.3. The lowest BCUT2D eigenvalue weighted by Crippen LogP contribution is -2.30. The monoisotopic (exact) mass is 500 g/mol. The zero-order valence-corrected chi connectivity index (χ0v) is 21.0. The van der Waals surface area contributed by atoms with Crippen LogP contribution in [0.15, 0.2) is 132 Å². The Morgan fingerprint density at radius 3 is 2.54 bits per heavy atom. The average Bonchev–Trinajstić information content (AvgIpc) is 3.55. The molecular formula is C35H22N3O+. The van der Waals surface area contributed by atoms with Crippen LogP contribution in [0.25, 0.3) is 54.9 Å². The lowest BCUT2D eigenvalue weighted by molar-refractivity contribution is 0.669. The van der Waals surface area contributed by atoms with Crippen molar-refractivity contribution >= 4 is 60.8 Å². The summed E-state index contributed by atoms with van der Waals surface area (Å²) in [6.07, 6.45) is 12.6. The smallest absolute Gasteiger partial charge is 0.235 e. The quantitative estimate of drug-likeness (QED) is 0.223. The molecule has 9 rings (SSSR count). The van der Waals surface area contributed by atoms with Crippen LogP contribution in [0.1, 0.15) is 6.04 Å². The molecule has 0 spiro atoms. The number of allylic oxidation sites excluding steroid dienone is 4. The SMILES string of the molecule is C1=CC2=[N+](c3cccc(-c4cccnc4)c3)c3cccc4c5ccc6oc7ccccc7c6c5n(c34)C2C=C1. The molecule has 4 nitrogen and oxygen atoms in total. The molecule has 0 amide bonds. The first-order valence-corrected chi connectivity index (χ1v) is 13.3. The molecule has 0 saturated heterocycles. The molecule has 182 valence electrons. The molecule has 1 aliphatic carbocycles. The van der Waals surface area contributed by atoms with Gasteiger partial charge in [0.05, 0.1) is 10.9 Å². The van der Waals surface area contributed by atoms with Crippen LogP contribution in [-0.4, -0.2) is 15.3 Å². The van der Waals surface area contributed by atoms with Gasteiger partial charge in [-0.25, -0.2) is 0 Å². The second kappa shape index (κ2) is 7.65. The van der Waals surface area contributed by atoms with Crippen molar-refractivity contribution in [3.8, 4) is 11.1 Å². The number of aromatic nitrogens is 2. The van der Waals surface area contributed by atoms with E-state index in [4.69, 9.17) is 4.42 Å². The lowest BCUT2D eigenvalue weighted by Gasteiger charge is -2.24. The van der Waals surface area contributed by atoms with Gasteiger partial charge in [0.1, 0.15) is 22.7 Å². The Morgan fingerprint density at radius 2 is 1.59 bits per heavy atom. The van der Waals surface area contributed by atoms with Crippen molar-refractivity contribution in [2.75, 3.05) is 0 Å². The highest BCUT2D eigenvalue weighted by molar-refractivity contribution is 6.27. The molecule has 7 aromatic rings. The first-order chi connectivity index (χ1) is 19.4. The van der Waals surface area contributed by atoms with E-state index in [-0.39, 0.29) is 6.04 Å². The molecular weight excluding hydrogens is 478 g/mol.